The first-order chi connectivity index (χ1) is 16.6. The van der Waals surface area contributed by atoms with Crippen LogP contribution in [-0.4, -0.2) is 38.4 Å². The Bertz CT molecular complexity index is 757. The summed E-state index contributed by atoms with van der Waals surface area (Å²) in [6.07, 6.45) is 6.32. The third kappa shape index (κ3) is 11.2. The van der Waals surface area contributed by atoms with E-state index in [-0.39, 0.29) is 11.9 Å². The molecule has 2 rings (SSSR count). The van der Waals surface area contributed by atoms with Gasteiger partial charge in [0.2, 0.25) is 0 Å². The van der Waals surface area contributed by atoms with Gasteiger partial charge in [0.25, 0.3) is 0 Å². The standard InChI is InChI=1S/C28H38O6/c1-3-31-27(29)11-7-5-9-21-33-25-17-13-23(14-18-25)24-15-19-26(20-16-24)34-22-10-6-8-12-28(30)32-4-2/h13-20H,3-12,21-22H2,1-2H3. The molecule has 6 heteroatoms. The van der Waals surface area contributed by atoms with Crippen LogP contribution in [0, 0.1) is 0 Å². The molecular formula is C28H38O6. The van der Waals surface area contributed by atoms with Crippen molar-refractivity contribution in [1.29, 1.82) is 0 Å². The van der Waals surface area contributed by atoms with Gasteiger partial charge in [-0.2, -0.15) is 0 Å². The van der Waals surface area contributed by atoms with Crippen molar-refractivity contribution in [2.24, 2.45) is 0 Å². The summed E-state index contributed by atoms with van der Waals surface area (Å²) < 4.78 is 21.5. The van der Waals surface area contributed by atoms with Crippen molar-refractivity contribution in [3.8, 4) is 22.6 Å². The van der Waals surface area contributed by atoms with E-state index in [4.69, 9.17) is 18.9 Å². The van der Waals surface area contributed by atoms with E-state index >= 15 is 0 Å². The van der Waals surface area contributed by atoms with Gasteiger partial charge in [-0.3, -0.25) is 9.59 Å². The van der Waals surface area contributed by atoms with Crippen LogP contribution in [0.4, 0.5) is 0 Å². The van der Waals surface area contributed by atoms with Crippen LogP contribution in [0.1, 0.15) is 65.2 Å². The van der Waals surface area contributed by atoms with Crippen molar-refractivity contribution < 1.29 is 28.5 Å². The van der Waals surface area contributed by atoms with Crippen LogP contribution in [0.25, 0.3) is 11.1 Å². The molecule has 0 bridgehead atoms. The van der Waals surface area contributed by atoms with Gasteiger partial charge in [-0.1, -0.05) is 24.3 Å². The number of hydrogen-bond donors (Lipinski definition) is 0. The van der Waals surface area contributed by atoms with Gasteiger partial charge in [-0.15, -0.1) is 0 Å². The summed E-state index contributed by atoms with van der Waals surface area (Å²) in [6.45, 7) is 5.80. The number of benzene rings is 2. The molecule has 0 aromatic heterocycles. The fourth-order valence-corrected chi connectivity index (χ4v) is 3.43. The summed E-state index contributed by atoms with van der Waals surface area (Å²) in [7, 11) is 0. The Morgan fingerprint density at radius 2 is 0.941 bits per heavy atom. The molecule has 0 saturated heterocycles. The van der Waals surface area contributed by atoms with Crippen molar-refractivity contribution in [3.63, 3.8) is 0 Å². The molecule has 0 aliphatic rings. The van der Waals surface area contributed by atoms with Crippen LogP contribution in [0.5, 0.6) is 11.5 Å². The van der Waals surface area contributed by atoms with Crippen molar-refractivity contribution in [1.82, 2.24) is 0 Å². The Hall–Kier alpha value is -3.02. The quantitative estimate of drug-likeness (QED) is 0.198. The van der Waals surface area contributed by atoms with Crippen LogP contribution in [0.2, 0.25) is 0 Å². The highest BCUT2D eigenvalue weighted by Crippen LogP contribution is 2.25. The van der Waals surface area contributed by atoms with Gasteiger partial charge >= 0.3 is 11.9 Å². The highest BCUT2D eigenvalue weighted by atomic mass is 16.5. The molecule has 2 aromatic rings. The molecule has 0 amide bonds. The fraction of sp³-hybridized carbons (Fsp3) is 0.500. The Morgan fingerprint density at radius 3 is 1.29 bits per heavy atom. The van der Waals surface area contributed by atoms with E-state index in [1.165, 1.54) is 0 Å². The van der Waals surface area contributed by atoms with Crippen LogP contribution >= 0.6 is 0 Å². The van der Waals surface area contributed by atoms with E-state index in [9.17, 15) is 9.59 Å². The van der Waals surface area contributed by atoms with Crippen LogP contribution in [0.3, 0.4) is 0 Å². The molecule has 186 valence electrons. The molecule has 0 fully saturated rings. The second-order valence-corrected chi connectivity index (χ2v) is 7.98. The number of carbonyl (C=O) groups excluding carboxylic acids is 2. The van der Waals surface area contributed by atoms with E-state index in [2.05, 4.69) is 24.3 Å². The molecule has 0 N–H and O–H groups in total. The SMILES string of the molecule is CCOC(=O)CCCCCOc1ccc(-c2ccc(OCCCCCC(=O)OCC)cc2)cc1. The summed E-state index contributed by atoms with van der Waals surface area (Å²) in [5.41, 5.74) is 2.24. The minimum absolute atomic E-state index is 0.124. The molecule has 0 heterocycles. The number of esters is 2. The van der Waals surface area contributed by atoms with Gasteiger partial charge in [0.1, 0.15) is 11.5 Å². The number of ether oxygens (including phenoxy) is 4. The second-order valence-electron chi connectivity index (χ2n) is 7.98. The highest BCUT2D eigenvalue weighted by molar-refractivity contribution is 5.69. The molecule has 2 aromatic carbocycles. The molecule has 34 heavy (non-hydrogen) atoms. The van der Waals surface area contributed by atoms with E-state index in [0.717, 1.165) is 61.2 Å². The lowest BCUT2D eigenvalue weighted by Gasteiger charge is -2.09. The van der Waals surface area contributed by atoms with Crippen LogP contribution < -0.4 is 9.47 Å². The summed E-state index contributed by atoms with van der Waals surface area (Å²) in [6, 6.07) is 16.1. The zero-order valence-electron chi connectivity index (χ0n) is 20.6. The number of carbonyl (C=O) groups is 2. The lowest BCUT2D eigenvalue weighted by Crippen LogP contribution is -2.04. The molecule has 0 radical (unpaired) electrons. The Kier molecular flexibility index (Phi) is 13.3. The molecule has 6 nitrogen and oxygen atoms in total. The largest absolute Gasteiger partial charge is 0.494 e. The van der Waals surface area contributed by atoms with E-state index in [1.807, 2.05) is 38.1 Å². The zero-order valence-corrected chi connectivity index (χ0v) is 20.6. The average molecular weight is 471 g/mol. The van der Waals surface area contributed by atoms with E-state index in [1.54, 1.807) is 0 Å². The predicted molar refractivity (Wildman–Crippen MR) is 133 cm³/mol. The second kappa shape index (κ2) is 16.6. The first-order valence-corrected chi connectivity index (χ1v) is 12.4. The van der Waals surface area contributed by atoms with Gasteiger partial charge in [0.15, 0.2) is 0 Å². The molecule has 0 aliphatic carbocycles. The predicted octanol–water partition coefficient (Wildman–Crippen LogP) is 6.36. The van der Waals surface area contributed by atoms with Crippen molar-refractivity contribution >= 4 is 11.9 Å². The first kappa shape index (κ1) is 27.2. The minimum atomic E-state index is -0.124. The number of rotatable bonds is 17. The number of unbranched alkanes of at least 4 members (excludes halogenated alkanes) is 4. The molecule has 0 spiro atoms. The summed E-state index contributed by atoms with van der Waals surface area (Å²) >= 11 is 0. The first-order valence-electron chi connectivity index (χ1n) is 12.4. The van der Waals surface area contributed by atoms with Crippen molar-refractivity contribution in [2.75, 3.05) is 26.4 Å². The summed E-state index contributed by atoms with van der Waals surface area (Å²) in [5, 5.41) is 0. The maximum absolute atomic E-state index is 11.3. The van der Waals surface area contributed by atoms with Gasteiger partial charge in [-0.05, 0) is 87.8 Å². The summed E-state index contributed by atoms with van der Waals surface area (Å²) in [5.74, 6) is 1.44. The Balaban J connectivity index is 1.63. The lowest BCUT2D eigenvalue weighted by molar-refractivity contribution is -0.144. The zero-order chi connectivity index (χ0) is 24.4. The van der Waals surface area contributed by atoms with Crippen LogP contribution in [0.15, 0.2) is 48.5 Å². The smallest absolute Gasteiger partial charge is 0.305 e. The van der Waals surface area contributed by atoms with Crippen molar-refractivity contribution in [2.45, 2.75) is 65.2 Å². The van der Waals surface area contributed by atoms with Crippen molar-refractivity contribution in [3.05, 3.63) is 48.5 Å². The third-order valence-electron chi connectivity index (χ3n) is 5.24. The molecule has 0 aliphatic heterocycles. The average Bonchev–Trinajstić information content (AvgIpc) is 2.84. The molecule has 0 unspecified atom stereocenters. The van der Waals surface area contributed by atoms with Crippen LogP contribution in [-0.2, 0) is 19.1 Å². The maximum atomic E-state index is 11.3. The van der Waals surface area contributed by atoms with Gasteiger partial charge in [0.05, 0.1) is 26.4 Å². The summed E-state index contributed by atoms with van der Waals surface area (Å²) in [4.78, 5) is 22.6. The molecule has 0 atom stereocenters. The normalized spacial score (nSPS) is 10.5. The van der Waals surface area contributed by atoms with E-state index < -0.39 is 0 Å². The van der Waals surface area contributed by atoms with Gasteiger partial charge in [-0.25, -0.2) is 0 Å². The fourth-order valence-electron chi connectivity index (χ4n) is 3.43. The van der Waals surface area contributed by atoms with Gasteiger partial charge < -0.3 is 18.9 Å². The third-order valence-corrected chi connectivity index (χ3v) is 5.24. The Labute approximate surface area is 203 Å². The molecular weight excluding hydrogens is 432 g/mol. The van der Waals surface area contributed by atoms with Gasteiger partial charge in [0, 0.05) is 12.8 Å². The minimum Gasteiger partial charge on any atom is -0.494 e. The number of hydrogen-bond acceptors (Lipinski definition) is 6. The highest BCUT2D eigenvalue weighted by Gasteiger charge is 2.03. The monoisotopic (exact) mass is 470 g/mol. The molecule has 0 saturated carbocycles. The topological polar surface area (TPSA) is 71.1 Å². The van der Waals surface area contributed by atoms with E-state index in [0.29, 0.717) is 39.3 Å². The maximum Gasteiger partial charge on any atom is 0.305 e. The Morgan fingerprint density at radius 1 is 0.559 bits per heavy atom. The lowest BCUT2D eigenvalue weighted by atomic mass is 10.1.